The molecule has 0 fully saturated rings. The Morgan fingerprint density at radius 3 is 2.52 bits per heavy atom. The number of carbonyl (C=O) groups is 2. The highest BCUT2D eigenvalue weighted by molar-refractivity contribution is 6.30. The second-order valence-electron chi connectivity index (χ2n) is 6.86. The van der Waals surface area contributed by atoms with Crippen LogP contribution in [0, 0.1) is 12.7 Å². The van der Waals surface area contributed by atoms with E-state index in [1.54, 1.807) is 38.1 Å². The summed E-state index contributed by atoms with van der Waals surface area (Å²) in [5.41, 5.74) is 1.61. The Hall–Kier alpha value is -2.86. The Balaban J connectivity index is 2.21. The maximum atomic E-state index is 14.1. The van der Waals surface area contributed by atoms with Gasteiger partial charge in [-0.1, -0.05) is 18.5 Å². The first-order valence-electron chi connectivity index (χ1n) is 9.26. The predicted molar refractivity (Wildman–Crippen MR) is 109 cm³/mol. The lowest BCUT2D eigenvalue weighted by Gasteiger charge is -2.13. The predicted octanol–water partition coefficient (Wildman–Crippen LogP) is 5.19. The number of esters is 1. The SMILES string of the molecule is CCCOC(=O)[C@H](C)c1c(C)n(C(=O)c2ccc(Cl)cc2)c2cc(F)c(O)cc12. The van der Waals surface area contributed by atoms with Crippen LogP contribution in [-0.4, -0.2) is 28.2 Å². The minimum atomic E-state index is -0.854. The van der Waals surface area contributed by atoms with Crippen LogP contribution in [0.5, 0.6) is 5.75 Å². The maximum Gasteiger partial charge on any atom is 0.313 e. The zero-order valence-electron chi connectivity index (χ0n) is 16.3. The highest BCUT2D eigenvalue weighted by Gasteiger charge is 2.28. The number of benzene rings is 2. The summed E-state index contributed by atoms with van der Waals surface area (Å²) < 4.78 is 20.7. The van der Waals surface area contributed by atoms with Crippen molar-refractivity contribution in [2.24, 2.45) is 0 Å². The average molecular weight is 418 g/mol. The molecule has 0 bridgehead atoms. The van der Waals surface area contributed by atoms with Gasteiger partial charge in [-0.15, -0.1) is 0 Å². The van der Waals surface area contributed by atoms with Gasteiger partial charge in [-0.25, -0.2) is 4.39 Å². The molecule has 0 aliphatic carbocycles. The number of hydrogen-bond donors (Lipinski definition) is 1. The molecule has 0 unspecified atom stereocenters. The van der Waals surface area contributed by atoms with E-state index in [4.69, 9.17) is 16.3 Å². The van der Waals surface area contributed by atoms with E-state index in [9.17, 15) is 19.1 Å². The monoisotopic (exact) mass is 417 g/mol. The van der Waals surface area contributed by atoms with Crippen LogP contribution in [0.25, 0.3) is 10.9 Å². The van der Waals surface area contributed by atoms with Crippen molar-refractivity contribution in [2.45, 2.75) is 33.1 Å². The molecule has 1 N–H and O–H groups in total. The molecular formula is C22H21ClFNO4. The van der Waals surface area contributed by atoms with Crippen LogP contribution in [0.1, 0.15) is 47.8 Å². The Kier molecular flexibility index (Phi) is 5.94. The quantitative estimate of drug-likeness (QED) is 0.580. The number of phenols is 1. The van der Waals surface area contributed by atoms with Crippen molar-refractivity contribution in [1.29, 1.82) is 0 Å². The zero-order valence-corrected chi connectivity index (χ0v) is 17.1. The van der Waals surface area contributed by atoms with Gasteiger partial charge in [0.25, 0.3) is 5.91 Å². The summed E-state index contributed by atoms with van der Waals surface area (Å²) in [6.07, 6.45) is 0.681. The molecule has 0 saturated heterocycles. The van der Waals surface area contributed by atoms with E-state index < -0.39 is 29.4 Å². The topological polar surface area (TPSA) is 68.5 Å². The summed E-state index contributed by atoms with van der Waals surface area (Å²) in [5, 5.41) is 10.8. The van der Waals surface area contributed by atoms with E-state index >= 15 is 0 Å². The third kappa shape index (κ3) is 3.85. The highest BCUT2D eigenvalue weighted by Crippen LogP contribution is 2.36. The summed E-state index contributed by atoms with van der Waals surface area (Å²) in [6, 6.07) is 8.67. The number of nitrogens with zero attached hydrogens (tertiary/aromatic N) is 1. The number of carbonyl (C=O) groups excluding carboxylic acids is 2. The Bertz CT molecular complexity index is 1090. The third-order valence-electron chi connectivity index (χ3n) is 4.85. The lowest BCUT2D eigenvalue weighted by Crippen LogP contribution is -2.17. The van der Waals surface area contributed by atoms with Gasteiger partial charge in [-0.2, -0.15) is 0 Å². The van der Waals surface area contributed by atoms with Crippen LogP contribution in [0.3, 0.4) is 0 Å². The second-order valence-corrected chi connectivity index (χ2v) is 7.29. The molecule has 29 heavy (non-hydrogen) atoms. The van der Waals surface area contributed by atoms with E-state index in [2.05, 4.69) is 0 Å². The van der Waals surface area contributed by atoms with E-state index in [0.717, 1.165) is 6.07 Å². The fraction of sp³-hybridized carbons (Fsp3) is 0.273. The van der Waals surface area contributed by atoms with Gasteiger partial charge in [0.2, 0.25) is 0 Å². The summed E-state index contributed by atoms with van der Waals surface area (Å²) in [4.78, 5) is 25.7. The van der Waals surface area contributed by atoms with E-state index in [-0.39, 0.29) is 12.1 Å². The van der Waals surface area contributed by atoms with Gasteiger partial charge in [-0.05, 0) is 56.2 Å². The van der Waals surface area contributed by atoms with Crippen molar-refractivity contribution in [2.75, 3.05) is 6.61 Å². The zero-order chi connectivity index (χ0) is 21.3. The Morgan fingerprint density at radius 2 is 1.90 bits per heavy atom. The van der Waals surface area contributed by atoms with Crippen molar-refractivity contribution < 1.29 is 23.8 Å². The molecule has 0 aliphatic rings. The number of phenolic OH excluding ortho intramolecular Hbond substituents is 1. The minimum absolute atomic E-state index is 0.267. The molecule has 3 aromatic rings. The second kappa shape index (κ2) is 8.25. The number of aromatic nitrogens is 1. The Morgan fingerprint density at radius 1 is 1.24 bits per heavy atom. The normalized spacial score (nSPS) is 12.2. The first-order chi connectivity index (χ1) is 13.8. The molecule has 3 rings (SSSR count). The largest absolute Gasteiger partial charge is 0.505 e. The molecule has 5 nitrogen and oxygen atoms in total. The molecule has 0 aliphatic heterocycles. The fourth-order valence-corrected chi connectivity index (χ4v) is 3.55. The number of aromatic hydroxyl groups is 1. The van der Waals surface area contributed by atoms with E-state index in [0.29, 0.717) is 33.7 Å². The van der Waals surface area contributed by atoms with Gasteiger partial charge in [0.1, 0.15) is 0 Å². The van der Waals surface area contributed by atoms with E-state index in [1.165, 1.54) is 10.6 Å². The van der Waals surface area contributed by atoms with Gasteiger partial charge >= 0.3 is 5.97 Å². The van der Waals surface area contributed by atoms with Gasteiger partial charge < -0.3 is 9.84 Å². The van der Waals surface area contributed by atoms with Crippen molar-refractivity contribution in [3.8, 4) is 5.75 Å². The molecular weight excluding hydrogens is 397 g/mol. The lowest BCUT2D eigenvalue weighted by molar-refractivity contribution is -0.145. The first-order valence-corrected chi connectivity index (χ1v) is 9.64. The number of ether oxygens (including phenoxy) is 1. The first kappa shape index (κ1) is 20.9. The smallest absolute Gasteiger partial charge is 0.313 e. The minimum Gasteiger partial charge on any atom is -0.505 e. The van der Waals surface area contributed by atoms with Gasteiger partial charge in [0, 0.05) is 27.7 Å². The molecule has 1 atom stereocenters. The fourth-order valence-electron chi connectivity index (χ4n) is 3.42. The molecule has 1 heterocycles. The third-order valence-corrected chi connectivity index (χ3v) is 5.10. The van der Waals surface area contributed by atoms with Crippen molar-refractivity contribution in [3.05, 3.63) is 64.1 Å². The molecule has 0 radical (unpaired) electrons. The van der Waals surface area contributed by atoms with Crippen LogP contribution in [-0.2, 0) is 9.53 Å². The standard InChI is InChI=1S/C22H21ClFNO4/c1-4-9-29-22(28)12(2)20-13(3)25(18-11-17(24)19(26)10-16(18)20)21(27)14-5-7-15(23)8-6-14/h5-8,10-12,26H,4,9H2,1-3H3/t12-/m1/s1. The number of fused-ring (bicyclic) bond motifs is 1. The summed E-state index contributed by atoms with van der Waals surface area (Å²) >= 11 is 5.90. The molecule has 7 heteroatoms. The molecule has 2 aromatic carbocycles. The summed E-state index contributed by atoms with van der Waals surface area (Å²) in [5.74, 6) is -2.95. The highest BCUT2D eigenvalue weighted by atomic mass is 35.5. The van der Waals surface area contributed by atoms with Crippen LogP contribution in [0.15, 0.2) is 36.4 Å². The van der Waals surface area contributed by atoms with Crippen LogP contribution < -0.4 is 0 Å². The molecule has 1 aromatic heterocycles. The lowest BCUT2D eigenvalue weighted by atomic mass is 9.98. The van der Waals surface area contributed by atoms with Crippen molar-refractivity contribution in [1.82, 2.24) is 4.57 Å². The molecule has 0 spiro atoms. The number of rotatable bonds is 5. The number of hydrogen-bond acceptors (Lipinski definition) is 4. The number of halogens is 2. The average Bonchev–Trinajstić information content (AvgIpc) is 2.96. The van der Waals surface area contributed by atoms with Gasteiger partial charge in [-0.3, -0.25) is 14.2 Å². The van der Waals surface area contributed by atoms with Crippen molar-refractivity contribution >= 4 is 34.4 Å². The van der Waals surface area contributed by atoms with Gasteiger partial charge in [0.15, 0.2) is 11.6 Å². The summed E-state index contributed by atoms with van der Waals surface area (Å²) in [7, 11) is 0. The van der Waals surface area contributed by atoms with Crippen LogP contribution in [0.2, 0.25) is 5.02 Å². The molecule has 0 saturated carbocycles. The van der Waals surface area contributed by atoms with E-state index in [1.807, 2.05) is 6.92 Å². The van der Waals surface area contributed by atoms with Crippen LogP contribution in [0.4, 0.5) is 4.39 Å². The Labute approximate surface area is 172 Å². The maximum absolute atomic E-state index is 14.1. The molecule has 0 amide bonds. The molecule has 152 valence electrons. The van der Waals surface area contributed by atoms with Crippen LogP contribution >= 0.6 is 11.6 Å². The van der Waals surface area contributed by atoms with Crippen molar-refractivity contribution in [3.63, 3.8) is 0 Å². The summed E-state index contributed by atoms with van der Waals surface area (Å²) in [6.45, 7) is 5.52. The van der Waals surface area contributed by atoms with Gasteiger partial charge in [0.05, 0.1) is 18.0 Å².